The van der Waals surface area contributed by atoms with Crippen LogP contribution >= 0.6 is 0 Å². The summed E-state index contributed by atoms with van der Waals surface area (Å²) < 4.78 is 55.4. The number of hydrogen-bond donors (Lipinski definition) is 3. The first-order chi connectivity index (χ1) is 8.55. The van der Waals surface area contributed by atoms with Gasteiger partial charge in [0.15, 0.2) is 0 Å². The van der Waals surface area contributed by atoms with Gasteiger partial charge in [0.05, 0.1) is 23.5 Å². The summed E-state index contributed by atoms with van der Waals surface area (Å²) in [5, 5.41) is 0. The number of aromatic nitrogens is 2. The Morgan fingerprint density at radius 2 is 1.63 bits per heavy atom. The number of aryl methyl sites for hydroxylation is 2. The standard InChI is InChI=1S/C7H12N2.C2H6O6S2/c1-3-4-7-6(2)8-5-9-7;3-9(4,5)1-2-10(6,7)8/h5H,3-4H2,1-2H3,(H,8,9);1-2H2,(H,3,4,5)(H,6,7,8). The van der Waals surface area contributed by atoms with Crippen LogP contribution in [0.1, 0.15) is 24.7 Å². The topological polar surface area (TPSA) is 137 Å². The van der Waals surface area contributed by atoms with Crippen LogP contribution in [0.2, 0.25) is 0 Å². The zero-order valence-electron chi connectivity index (χ0n) is 10.7. The lowest BCUT2D eigenvalue weighted by atomic mass is 10.2. The van der Waals surface area contributed by atoms with E-state index in [1.54, 1.807) is 6.33 Å². The van der Waals surface area contributed by atoms with Gasteiger partial charge in [0, 0.05) is 5.69 Å². The summed E-state index contributed by atoms with van der Waals surface area (Å²) in [6, 6.07) is 0. The van der Waals surface area contributed by atoms with Gasteiger partial charge in [0.25, 0.3) is 20.2 Å². The van der Waals surface area contributed by atoms with E-state index in [1.165, 1.54) is 17.8 Å². The Morgan fingerprint density at radius 3 is 1.89 bits per heavy atom. The third kappa shape index (κ3) is 10.6. The number of aromatic amines is 1. The molecule has 0 aliphatic rings. The largest absolute Gasteiger partial charge is 0.348 e. The third-order valence-corrected chi connectivity index (χ3v) is 3.72. The molecule has 0 saturated carbocycles. The van der Waals surface area contributed by atoms with E-state index in [0.29, 0.717) is 0 Å². The van der Waals surface area contributed by atoms with Crippen LogP contribution in [0.15, 0.2) is 6.33 Å². The molecule has 10 heteroatoms. The first kappa shape index (κ1) is 18.0. The van der Waals surface area contributed by atoms with Gasteiger partial charge in [-0.2, -0.15) is 16.8 Å². The molecule has 0 atom stereocenters. The van der Waals surface area contributed by atoms with Crippen molar-refractivity contribution in [1.82, 2.24) is 9.97 Å². The van der Waals surface area contributed by atoms with E-state index >= 15 is 0 Å². The maximum atomic E-state index is 9.86. The predicted octanol–water partition coefficient (Wildman–Crippen LogP) is 0.433. The van der Waals surface area contributed by atoms with Crippen molar-refractivity contribution in [3.63, 3.8) is 0 Å². The molecule has 1 heterocycles. The van der Waals surface area contributed by atoms with Crippen LogP contribution in [0.3, 0.4) is 0 Å². The maximum Gasteiger partial charge on any atom is 0.265 e. The highest BCUT2D eigenvalue weighted by Crippen LogP contribution is 2.02. The number of imidazole rings is 1. The molecule has 0 unspecified atom stereocenters. The van der Waals surface area contributed by atoms with Gasteiger partial charge in [-0.3, -0.25) is 9.11 Å². The molecule has 0 aliphatic heterocycles. The molecule has 0 fully saturated rings. The second-order valence-corrected chi connectivity index (χ2v) is 6.94. The van der Waals surface area contributed by atoms with Gasteiger partial charge in [-0.15, -0.1) is 0 Å². The molecule has 0 aliphatic carbocycles. The van der Waals surface area contributed by atoms with Crippen molar-refractivity contribution in [1.29, 1.82) is 0 Å². The molecule has 1 aromatic rings. The van der Waals surface area contributed by atoms with Gasteiger partial charge >= 0.3 is 0 Å². The summed E-state index contributed by atoms with van der Waals surface area (Å²) in [6.07, 6.45) is 4.02. The van der Waals surface area contributed by atoms with Crippen molar-refractivity contribution in [2.45, 2.75) is 26.7 Å². The monoisotopic (exact) mass is 314 g/mol. The maximum absolute atomic E-state index is 9.86. The Labute approximate surface area is 112 Å². The molecule has 0 spiro atoms. The molecule has 19 heavy (non-hydrogen) atoms. The Balaban J connectivity index is 0.000000342. The van der Waals surface area contributed by atoms with Crippen molar-refractivity contribution >= 4 is 20.2 Å². The molecule has 0 saturated heterocycles. The highest BCUT2D eigenvalue weighted by atomic mass is 32.2. The fourth-order valence-corrected chi connectivity index (χ4v) is 2.77. The van der Waals surface area contributed by atoms with Gasteiger partial charge in [0.2, 0.25) is 0 Å². The molecular formula is C9H18N2O6S2. The van der Waals surface area contributed by atoms with Crippen LogP contribution in [0.5, 0.6) is 0 Å². The second-order valence-electron chi connectivity index (χ2n) is 3.80. The van der Waals surface area contributed by atoms with Crippen molar-refractivity contribution < 1.29 is 25.9 Å². The highest BCUT2D eigenvalue weighted by molar-refractivity contribution is 7.89. The van der Waals surface area contributed by atoms with E-state index in [-0.39, 0.29) is 0 Å². The molecule has 3 N–H and O–H groups in total. The van der Waals surface area contributed by atoms with Crippen LogP contribution in [0.4, 0.5) is 0 Å². The van der Waals surface area contributed by atoms with E-state index in [0.717, 1.165) is 6.42 Å². The number of rotatable bonds is 5. The Morgan fingerprint density at radius 1 is 1.16 bits per heavy atom. The molecule has 8 nitrogen and oxygen atoms in total. The minimum absolute atomic E-state index is 0.980. The van der Waals surface area contributed by atoms with Crippen LogP contribution < -0.4 is 0 Å². The van der Waals surface area contributed by atoms with E-state index in [9.17, 15) is 16.8 Å². The summed E-state index contributed by atoms with van der Waals surface area (Å²) in [4.78, 5) is 7.19. The molecular weight excluding hydrogens is 296 g/mol. The highest BCUT2D eigenvalue weighted by Gasteiger charge is 2.11. The van der Waals surface area contributed by atoms with Gasteiger partial charge in [-0.05, 0) is 13.3 Å². The zero-order valence-corrected chi connectivity index (χ0v) is 12.3. The summed E-state index contributed by atoms with van der Waals surface area (Å²) >= 11 is 0. The number of nitrogens with zero attached hydrogens (tertiary/aromatic N) is 1. The first-order valence-electron chi connectivity index (χ1n) is 5.44. The summed E-state index contributed by atoms with van der Waals surface area (Å²) in [5.74, 6) is -1.96. The normalized spacial score (nSPS) is 11.8. The average molecular weight is 314 g/mol. The molecule has 0 radical (unpaired) electrons. The molecule has 0 amide bonds. The Hall–Kier alpha value is -0.970. The number of H-pyrrole nitrogens is 1. The van der Waals surface area contributed by atoms with Gasteiger partial charge < -0.3 is 4.98 Å². The Kier molecular flexibility index (Phi) is 7.19. The van der Waals surface area contributed by atoms with E-state index in [1.807, 2.05) is 0 Å². The molecule has 0 bridgehead atoms. The first-order valence-corrected chi connectivity index (χ1v) is 8.66. The fraction of sp³-hybridized carbons (Fsp3) is 0.667. The average Bonchev–Trinajstić information content (AvgIpc) is 2.62. The fourth-order valence-electron chi connectivity index (χ4n) is 1.09. The minimum atomic E-state index is -4.30. The van der Waals surface area contributed by atoms with Crippen LogP contribution in [-0.2, 0) is 26.7 Å². The SMILES string of the molecule is CCCc1nc[nH]c1C.O=S(=O)(O)CCS(=O)(=O)O. The van der Waals surface area contributed by atoms with Gasteiger partial charge in [-0.1, -0.05) is 13.3 Å². The second kappa shape index (κ2) is 7.58. The van der Waals surface area contributed by atoms with Gasteiger partial charge in [0.1, 0.15) is 0 Å². The van der Waals surface area contributed by atoms with Crippen molar-refractivity contribution in [2.24, 2.45) is 0 Å². The van der Waals surface area contributed by atoms with E-state index < -0.39 is 31.7 Å². The lowest BCUT2D eigenvalue weighted by Gasteiger charge is -1.92. The zero-order chi connectivity index (χ0) is 15.1. The molecule has 1 aromatic heterocycles. The molecule has 1 rings (SSSR count). The lowest BCUT2D eigenvalue weighted by molar-refractivity contribution is 0.472. The number of hydrogen-bond acceptors (Lipinski definition) is 5. The van der Waals surface area contributed by atoms with E-state index in [2.05, 4.69) is 23.8 Å². The van der Waals surface area contributed by atoms with Crippen molar-refractivity contribution in [3.05, 3.63) is 17.7 Å². The van der Waals surface area contributed by atoms with Gasteiger partial charge in [-0.25, -0.2) is 4.98 Å². The Bertz CT molecular complexity index is 544. The molecule has 0 aromatic carbocycles. The quantitative estimate of drug-likeness (QED) is 0.670. The van der Waals surface area contributed by atoms with E-state index in [4.69, 9.17) is 9.11 Å². The third-order valence-electron chi connectivity index (χ3n) is 2.02. The molecule has 112 valence electrons. The van der Waals surface area contributed by atoms with Crippen molar-refractivity contribution in [2.75, 3.05) is 11.5 Å². The smallest absolute Gasteiger partial charge is 0.265 e. The summed E-state index contributed by atoms with van der Waals surface area (Å²) in [6.45, 7) is 4.21. The van der Waals surface area contributed by atoms with Crippen LogP contribution in [0.25, 0.3) is 0 Å². The summed E-state index contributed by atoms with van der Waals surface area (Å²) in [7, 11) is -8.59. The lowest BCUT2D eigenvalue weighted by Crippen LogP contribution is -2.15. The predicted molar refractivity (Wildman–Crippen MR) is 70.2 cm³/mol. The number of nitrogens with one attached hydrogen (secondary N) is 1. The van der Waals surface area contributed by atoms with Crippen molar-refractivity contribution in [3.8, 4) is 0 Å². The van der Waals surface area contributed by atoms with Crippen LogP contribution in [-0.4, -0.2) is 47.4 Å². The summed E-state index contributed by atoms with van der Waals surface area (Å²) in [5.41, 5.74) is 2.41. The van der Waals surface area contributed by atoms with Crippen LogP contribution in [0, 0.1) is 6.92 Å². The minimum Gasteiger partial charge on any atom is -0.348 e.